The summed E-state index contributed by atoms with van der Waals surface area (Å²) in [5.41, 5.74) is 2.43. The SMILES string of the molecule is CCOc1ccccc1N1CCN(C(=O)c2cn(CC(=O)N(C)C)c3cc(Cl)ccc23)CC1. The number of amides is 2. The Bertz CT molecular complexity index is 1170. The van der Waals surface area contributed by atoms with Gasteiger partial charge in [0.25, 0.3) is 5.91 Å². The Hall–Kier alpha value is -3.19. The van der Waals surface area contributed by atoms with Crippen molar-refractivity contribution in [2.24, 2.45) is 0 Å². The van der Waals surface area contributed by atoms with Gasteiger partial charge in [-0.3, -0.25) is 9.59 Å². The van der Waals surface area contributed by atoms with Gasteiger partial charge in [-0.15, -0.1) is 0 Å². The molecule has 1 saturated heterocycles. The molecule has 0 atom stereocenters. The van der Waals surface area contributed by atoms with Crippen molar-refractivity contribution in [2.75, 3.05) is 51.8 Å². The van der Waals surface area contributed by atoms with E-state index in [-0.39, 0.29) is 18.4 Å². The molecule has 3 aromatic rings. The summed E-state index contributed by atoms with van der Waals surface area (Å²) in [5, 5.41) is 1.37. The van der Waals surface area contributed by atoms with Gasteiger partial charge in [-0.1, -0.05) is 29.8 Å². The number of hydrogen-bond acceptors (Lipinski definition) is 4. The first-order valence-electron chi connectivity index (χ1n) is 11.1. The van der Waals surface area contributed by atoms with Crippen LogP contribution in [0.4, 0.5) is 5.69 Å². The van der Waals surface area contributed by atoms with Crippen LogP contribution in [-0.4, -0.2) is 73.1 Å². The molecule has 0 unspecified atom stereocenters. The normalized spacial score (nSPS) is 13.9. The van der Waals surface area contributed by atoms with E-state index in [9.17, 15) is 9.59 Å². The lowest BCUT2D eigenvalue weighted by Gasteiger charge is -2.36. The van der Waals surface area contributed by atoms with Gasteiger partial charge in [0, 0.05) is 56.9 Å². The molecule has 1 aliphatic rings. The van der Waals surface area contributed by atoms with E-state index in [1.54, 1.807) is 32.4 Å². The minimum Gasteiger partial charge on any atom is -0.492 e. The zero-order chi connectivity index (χ0) is 23.5. The molecular weight excluding hydrogens is 440 g/mol. The highest BCUT2D eigenvalue weighted by Gasteiger charge is 2.26. The molecule has 0 aliphatic carbocycles. The van der Waals surface area contributed by atoms with Gasteiger partial charge < -0.3 is 24.0 Å². The Kier molecular flexibility index (Phi) is 6.79. The number of anilines is 1. The summed E-state index contributed by atoms with van der Waals surface area (Å²) in [6.45, 7) is 5.40. The Morgan fingerprint density at radius 1 is 1.06 bits per heavy atom. The molecule has 2 amide bonds. The second-order valence-corrected chi connectivity index (χ2v) is 8.74. The van der Waals surface area contributed by atoms with Crippen LogP contribution in [0, 0.1) is 0 Å². The van der Waals surface area contributed by atoms with Crippen molar-refractivity contribution in [3.8, 4) is 5.75 Å². The van der Waals surface area contributed by atoms with Gasteiger partial charge >= 0.3 is 0 Å². The summed E-state index contributed by atoms with van der Waals surface area (Å²) in [4.78, 5) is 31.5. The number of fused-ring (bicyclic) bond motifs is 1. The molecule has 33 heavy (non-hydrogen) atoms. The van der Waals surface area contributed by atoms with E-state index in [2.05, 4.69) is 11.0 Å². The molecule has 0 radical (unpaired) electrons. The number of rotatable bonds is 6. The number of halogens is 1. The predicted molar refractivity (Wildman–Crippen MR) is 131 cm³/mol. The van der Waals surface area contributed by atoms with E-state index in [0.717, 1.165) is 35.4 Å². The summed E-state index contributed by atoms with van der Waals surface area (Å²) < 4.78 is 7.59. The standard InChI is InChI=1S/C25H29ClN4O3/c1-4-33-23-8-6-5-7-21(23)28-11-13-29(14-12-28)25(32)20-16-30(17-24(31)27(2)3)22-15-18(26)9-10-19(20)22/h5-10,15-16H,4,11-14,17H2,1-3H3. The second kappa shape index (κ2) is 9.75. The summed E-state index contributed by atoms with van der Waals surface area (Å²) in [7, 11) is 3.44. The minimum atomic E-state index is -0.0487. The van der Waals surface area contributed by atoms with Gasteiger partial charge in [-0.2, -0.15) is 0 Å². The highest BCUT2D eigenvalue weighted by atomic mass is 35.5. The smallest absolute Gasteiger partial charge is 0.256 e. The Labute approximate surface area is 199 Å². The van der Waals surface area contributed by atoms with Crippen LogP contribution in [-0.2, 0) is 11.3 Å². The van der Waals surface area contributed by atoms with Crippen molar-refractivity contribution in [1.82, 2.24) is 14.4 Å². The van der Waals surface area contributed by atoms with Crippen molar-refractivity contribution in [2.45, 2.75) is 13.5 Å². The van der Waals surface area contributed by atoms with E-state index >= 15 is 0 Å². The number of carbonyl (C=O) groups is 2. The van der Waals surface area contributed by atoms with Crippen LogP contribution >= 0.6 is 11.6 Å². The number of nitrogens with zero attached hydrogens (tertiary/aromatic N) is 4. The lowest BCUT2D eigenvalue weighted by Crippen LogP contribution is -2.48. The highest BCUT2D eigenvalue weighted by Crippen LogP contribution is 2.30. The number of likely N-dealkylation sites (N-methyl/N-ethyl adjacent to an activating group) is 1. The maximum atomic E-state index is 13.5. The molecule has 7 nitrogen and oxygen atoms in total. The van der Waals surface area contributed by atoms with Crippen LogP contribution in [0.25, 0.3) is 10.9 Å². The monoisotopic (exact) mass is 468 g/mol. The third-order valence-electron chi connectivity index (χ3n) is 5.95. The number of ether oxygens (including phenoxy) is 1. The molecule has 0 bridgehead atoms. The van der Waals surface area contributed by atoms with Crippen molar-refractivity contribution in [3.63, 3.8) is 0 Å². The van der Waals surface area contributed by atoms with Crippen LogP contribution < -0.4 is 9.64 Å². The molecule has 0 saturated carbocycles. The molecule has 1 aromatic heterocycles. The Morgan fingerprint density at radius 3 is 2.48 bits per heavy atom. The first-order chi connectivity index (χ1) is 15.9. The van der Waals surface area contributed by atoms with Gasteiger partial charge in [-0.05, 0) is 31.2 Å². The number of carbonyl (C=O) groups excluding carboxylic acids is 2. The zero-order valence-corrected chi connectivity index (χ0v) is 20.0. The van der Waals surface area contributed by atoms with Crippen molar-refractivity contribution in [3.05, 3.63) is 59.2 Å². The average molecular weight is 469 g/mol. The fourth-order valence-electron chi connectivity index (χ4n) is 4.17. The topological polar surface area (TPSA) is 58.0 Å². The molecule has 174 valence electrons. The highest BCUT2D eigenvalue weighted by molar-refractivity contribution is 6.31. The Balaban J connectivity index is 1.55. The van der Waals surface area contributed by atoms with Gasteiger partial charge in [0.1, 0.15) is 12.3 Å². The zero-order valence-electron chi connectivity index (χ0n) is 19.3. The van der Waals surface area contributed by atoms with Crippen molar-refractivity contribution < 1.29 is 14.3 Å². The van der Waals surface area contributed by atoms with Gasteiger partial charge in [-0.25, -0.2) is 0 Å². The molecule has 1 fully saturated rings. The number of para-hydroxylation sites is 2. The van der Waals surface area contributed by atoms with Gasteiger partial charge in [0.2, 0.25) is 5.91 Å². The molecule has 0 N–H and O–H groups in total. The average Bonchev–Trinajstić information content (AvgIpc) is 3.16. The molecule has 4 rings (SSSR count). The number of hydrogen-bond donors (Lipinski definition) is 0. The van der Waals surface area contributed by atoms with E-state index in [1.165, 1.54) is 4.90 Å². The molecule has 0 spiro atoms. The van der Waals surface area contributed by atoms with Crippen LogP contribution in [0.3, 0.4) is 0 Å². The van der Waals surface area contributed by atoms with E-state index in [4.69, 9.17) is 16.3 Å². The molecular formula is C25H29ClN4O3. The van der Waals surface area contributed by atoms with E-state index in [0.29, 0.717) is 30.3 Å². The summed E-state index contributed by atoms with van der Waals surface area (Å²) >= 11 is 6.22. The number of aromatic nitrogens is 1. The second-order valence-electron chi connectivity index (χ2n) is 8.30. The van der Waals surface area contributed by atoms with Gasteiger partial charge in [0.05, 0.1) is 23.4 Å². The fraction of sp³-hybridized carbons (Fsp3) is 0.360. The molecule has 8 heteroatoms. The molecule has 2 aromatic carbocycles. The van der Waals surface area contributed by atoms with Crippen molar-refractivity contribution in [1.29, 1.82) is 0 Å². The van der Waals surface area contributed by atoms with Crippen LogP contribution in [0.1, 0.15) is 17.3 Å². The fourth-order valence-corrected chi connectivity index (χ4v) is 4.34. The van der Waals surface area contributed by atoms with Crippen LogP contribution in [0.2, 0.25) is 5.02 Å². The van der Waals surface area contributed by atoms with E-state index in [1.807, 2.05) is 40.7 Å². The van der Waals surface area contributed by atoms with Crippen molar-refractivity contribution >= 4 is 40.0 Å². The largest absolute Gasteiger partial charge is 0.492 e. The Morgan fingerprint density at radius 2 is 1.79 bits per heavy atom. The summed E-state index contributed by atoms with van der Waals surface area (Å²) in [6.07, 6.45) is 1.78. The first kappa shape index (κ1) is 23.0. The third kappa shape index (κ3) is 4.78. The summed E-state index contributed by atoms with van der Waals surface area (Å²) in [6, 6.07) is 13.4. The lowest BCUT2D eigenvalue weighted by molar-refractivity contribution is -0.129. The minimum absolute atomic E-state index is 0.0314. The summed E-state index contributed by atoms with van der Waals surface area (Å²) in [5.74, 6) is 0.786. The molecule has 1 aliphatic heterocycles. The maximum absolute atomic E-state index is 13.5. The maximum Gasteiger partial charge on any atom is 0.256 e. The van der Waals surface area contributed by atoms with E-state index < -0.39 is 0 Å². The predicted octanol–water partition coefficient (Wildman–Crippen LogP) is 3.74. The first-order valence-corrected chi connectivity index (χ1v) is 11.5. The third-order valence-corrected chi connectivity index (χ3v) is 6.19. The number of piperazine rings is 1. The lowest BCUT2D eigenvalue weighted by atomic mass is 10.1. The molecule has 2 heterocycles. The van der Waals surface area contributed by atoms with Gasteiger partial charge in [0.15, 0.2) is 0 Å². The quantitative estimate of drug-likeness (QED) is 0.553. The number of benzene rings is 2. The van der Waals surface area contributed by atoms with Crippen LogP contribution in [0.5, 0.6) is 5.75 Å². The van der Waals surface area contributed by atoms with Crippen LogP contribution in [0.15, 0.2) is 48.7 Å².